The van der Waals surface area contributed by atoms with Gasteiger partial charge in [-0.05, 0) is 18.2 Å². The fraction of sp³-hybridized carbons (Fsp3) is 0.222. The van der Waals surface area contributed by atoms with E-state index in [0.717, 1.165) is 21.9 Å². The number of hydrazone groups is 1. The average Bonchev–Trinajstić information content (AvgIpc) is 2.51. The minimum Gasteiger partial charge on any atom is -0.323 e. The van der Waals surface area contributed by atoms with Crippen molar-refractivity contribution in [2.75, 3.05) is 27.7 Å². The number of benzene rings is 1. The quantitative estimate of drug-likeness (QED) is 0.345. The summed E-state index contributed by atoms with van der Waals surface area (Å²) < 4.78 is 0.550. The lowest BCUT2D eigenvalue weighted by Crippen LogP contribution is -2.43. The largest absolute Gasteiger partial charge is 0.323 e. The molecule has 0 radical (unpaired) electrons. The van der Waals surface area contributed by atoms with Crippen LogP contribution >= 0.6 is 0 Å². The lowest BCUT2D eigenvalue weighted by atomic mass is 10.1. The maximum absolute atomic E-state index is 11.8. The number of aromatic nitrogens is 2. The van der Waals surface area contributed by atoms with Crippen LogP contribution in [-0.4, -0.2) is 54.3 Å². The smallest absolute Gasteiger partial charge is 0.295 e. The van der Waals surface area contributed by atoms with Crippen molar-refractivity contribution in [3.63, 3.8) is 0 Å². The number of nitrogens with one attached hydrogen (secondary N) is 1. The second-order valence-corrected chi connectivity index (χ2v) is 6.70. The van der Waals surface area contributed by atoms with Crippen LogP contribution in [0, 0.1) is 0 Å². The molecule has 2 aromatic heterocycles. The van der Waals surface area contributed by atoms with Gasteiger partial charge >= 0.3 is 0 Å². The van der Waals surface area contributed by atoms with Crippen LogP contribution in [0.3, 0.4) is 0 Å². The van der Waals surface area contributed by atoms with Crippen LogP contribution in [0.25, 0.3) is 21.9 Å². The number of amides is 1. The Labute approximate surface area is 140 Å². The van der Waals surface area contributed by atoms with E-state index in [9.17, 15) is 4.79 Å². The summed E-state index contributed by atoms with van der Waals surface area (Å²) in [7, 11) is 5.86. The van der Waals surface area contributed by atoms with Crippen molar-refractivity contribution in [1.29, 1.82) is 0 Å². The van der Waals surface area contributed by atoms with Crippen molar-refractivity contribution in [3.05, 3.63) is 48.2 Å². The van der Waals surface area contributed by atoms with E-state index in [1.165, 1.54) is 0 Å². The van der Waals surface area contributed by atoms with Gasteiger partial charge in [-0.2, -0.15) is 5.10 Å². The van der Waals surface area contributed by atoms with Crippen LogP contribution in [0.15, 0.2) is 47.7 Å². The zero-order valence-corrected chi connectivity index (χ0v) is 14.0. The second kappa shape index (κ2) is 6.33. The number of fused-ring (bicyclic) bond motifs is 2. The summed E-state index contributed by atoms with van der Waals surface area (Å²) in [6.45, 7) is 0.361. The van der Waals surface area contributed by atoms with E-state index in [2.05, 4.69) is 26.6 Å². The number of rotatable bonds is 4. The monoisotopic (exact) mass is 322 g/mol. The molecule has 122 valence electrons. The van der Waals surface area contributed by atoms with E-state index in [0.29, 0.717) is 16.7 Å². The first-order chi connectivity index (χ1) is 11.4. The molecule has 1 N–H and O–H groups in total. The van der Waals surface area contributed by atoms with E-state index in [-0.39, 0.29) is 5.91 Å². The lowest BCUT2D eigenvalue weighted by Gasteiger charge is -2.21. The van der Waals surface area contributed by atoms with Gasteiger partial charge in [0.25, 0.3) is 5.91 Å². The van der Waals surface area contributed by atoms with Crippen molar-refractivity contribution >= 4 is 34.1 Å². The molecule has 0 spiro atoms. The number of carbonyl (C=O) groups excluding carboxylic acids is 1. The number of likely N-dealkylation sites (N-methyl/N-ethyl adjacent to an activating group) is 1. The van der Waals surface area contributed by atoms with Gasteiger partial charge in [-0.15, -0.1) is 0 Å². The molecule has 6 heteroatoms. The van der Waals surface area contributed by atoms with Gasteiger partial charge in [-0.25, -0.2) is 15.4 Å². The molecule has 0 aliphatic rings. The minimum absolute atomic E-state index is 0.126. The van der Waals surface area contributed by atoms with E-state index >= 15 is 0 Å². The molecule has 0 fully saturated rings. The Morgan fingerprint density at radius 3 is 2.79 bits per heavy atom. The average molecular weight is 322 g/mol. The molecule has 24 heavy (non-hydrogen) atoms. The summed E-state index contributed by atoms with van der Waals surface area (Å²) >= 11 is 0. The van der Waals surface area contributed by atoms with E-state index < -0.39 is 0 Å². The number of hydrogen-bond acceptors (Lipinski definition) is 4. The van der Waals surface area contributed by atoms with Crippen molar-refractivity contribution in [3.8, 4) is 0 Å². The Hall–Kier alpha value is -2.86. The highest BCUT2D eigenvalue weighted by Gasteiger charge is 2.13. The van der Waals surface area contributed by atoms with E-state index in [1.807, 2.05) is 51.5 Å². The standard InChI is InChI=1S/C18H19N5O/c1-23(2,3)12-16(24)22-20-11-15-7-4-6-13-10-14-8-5-9-19-18(14)21-17(13)15/h4-11H,12H2,1-3H3/p+1/b20-11-. The van der Waals surface area contributed by atoms with Gasteiger partial charge in [0.2, 0.25) is 0 Å². The summed E-state index contributed by atoms with van der Waals surface area (Å²) in [5.41, 5.74) is 4.91. The molecule has 0 atom stereocenters. The van der Waals surface area contributed by atoms with Crippen LogP contribution in [-0.2, 0) is 4.79 Å². The van der Waals surface area contributed by atoms with Gasteiger partial charge in [0.1, 0.15) is 0 Å². The van der Waals surface area contributed by atoms with Crippen LogP contribution in [0.1, 0.15) is 5.56 Å². The molecule has 0 aliphatic carbocycles. The van der Waals surface area contributed by atoms with E-state index in [1.54, 1.807) is 12.4 Å². The predicted molar refractivity (Wildman–Crippen MR) is 95.7 cm³/mol. The van der Waals surface area contributed by atoms with Gasteiger partial charge in [0, 0.05) is 22.5 Å². The van der Waals surface area contributed by atoms with Crippen LogP contribution in [0.5, 0.6) is 0 Å². The fourth-order valence-electron chi connectivity index (χ4n) is 2.46. The number of quaternary nitrogens is 1. The third-order valence-corrected chi connectivity index (χ3v) is 3.45. The summed E-state index contributed by atoms with van der Waals surface area (Å²) in [5, 5.41) is 6.07. The molecule has 1 aromatic carbocycles. The Bertz CT molecular complexity index is 927. The van der Waals surface area contributed by atoms with Gasteiger partial charge in [0.05, 0.1) is 32.9 Å². The molecule has 1 amide bonds. The highest BCUT2D eigenvalue weighted by atomic mass is 16.2. The molecule has 0 aliphatic heterocycles. The highest BCUT2D eigenvalue weighted by Crippen LogP contribution is 2.20. The highest BCUT2D eigenvalue weighted by molar-refractivity contribution is 6.01. The molecule has 6 nitrogen and oxygen atoms in total. The SMILES string of the molecule is C[N+](C)(C)CC(=O)N/N=C\c1cccc2cc3cccnc3nc12. The molecular weight excluding hydrogens is 302 g/mol. The van der Waals surface area contributed by atoms with Crippen molar-refractivity contribution in [2.24, 2.45) is 5.10 Å². The van der Waals surface area contributed by atoms with Crippen LogP contribution in [0.4, 0.5) is 0 Å². The molecule has 2 heterocycles. The summed E-state index contributed by atoms with van der Waals surface area (Å²) in [4.78, 5) is 20.7. The van der Waals surface area contributed by atoms with Crippen LogP contribution in [0.2, 0.25) is 0 Å². The molecule has 3 aromatic rings. The number of pyridine rings is 2. The molecular formula is C18H20N5O+. The third-order valence-electron chi connectivity index (χ3n) is 3.45. The Morgan fingerprint density at radius 2 is 2.00 bits per heavy atom. The second-order valence-electron chi connectivity index (χ2n) is 6.70. The fourth-order valence-corrected chi connectivity index (χ4v) is 2.46. The minimum atomic E-state index is -0.126. The topological polar surface area (TPSA) is 67.2 Å². The van der Waals surface area contributed by atoms with E-state index in [4.69, 9.17) is 0 Å². The maximum atomic E-state index is 11.8. The van der Waals surface area contributed by atoms with Gasteiger partial charge in [-0.3, -0.25) is 4.79 Å². The Morgan fingerprint density at radius 1 is 1.21 bits per heavy atom. The number of nitrogens with zero attached hydrogens (tertiary/aromatic N) is 4. The first kappa shape index (κ1) is 16.0. The normalized spacial score (nSPS) is 12.1. The number of carbonyl (C=O) groups is 1. The lowest BCUT2D eigenvalue weighted by molar-refractivity contribution is -0.862. The van der Waals surface area contributed by atoms with Gasteiger partial charge in [0.15, 0.2) is 12.2 Å². The van der Waals surface area contributed by atoms with Crippen molar-refractivity contribution in [1.82, 2.24) is 15.4 Å². The first-order valence-corrected chi connectivity index (χ1v) is 7.69. The maximum Gasteiger partial charge on any atom is 0.295 e. The summed E-state index contributed by atoms with van der Waals surface area (Å²) in [6.07, 6.45) is 3.35. The molecule has 3 rings (SSSR count). The zero-order chi connectivity index (χ0) is 17.2. The third kappa shape index (κ3) is 3.72. The molecule has 0 bridgehead atoms. The van der Waals surface area contributed by atoms with Gasteiger partial charge in [-0.1, -0.05) is 18.2 Å². The number of para-hydroxylation sites is 1. The summed E-state index contributed by atoms with van der Waals surface area (Å²) in [6, 6.07) is 11.8. The Kier molecular flexibility index (Phi) is 4.22. The molecule has 0 saturated carbocycles. The number of hydrogen-bond donors (Lipinski definition) is 1. The van der Waals surface area contributed by atoms with Crippen molar-refractivity contribution in [2.45, 2.75) is 0 Å². The molecule has 0 saturated heterocycles. The summed E-state index contributed by atoms with van der Waals surface area (Å²) in [5.74, 6) is -0.126. The van der Waals surface area contributed by atoms with Crippen molar-refractivity contribution < 1.29 is 9.28 Å². The zero-order valence-electron chi connectivity index (χ0n) is 14.0. The predicted octanol–water partition coefficient (Wildman–Crippen LogP) is 1.94. The first-order valence-electron chi connectivity index (χ1n) is 7.69. The van der Waals surface area contributed by atoms with Gasteiger partial charge < -0.3 is 4.48 Å². The van der Waals surface area contributed by atoms with Crippen LogP contribution < -0.4 is 5.43 Å². The Balaban J connectivity index is 1.88. The molecule has 0 unspecified atom stereocenters.